The summed E-state index contributed by atoms with van der Waals surface area (Å²) in [6.45, 7) is 0.748. The van der Waals surface area contributed by atoms with Crippen molar-refractivity contribution >= 4 is 45.2 Å². The molecule has 126 valence electrons. The molecule has 0 aliphatic heterocycles. The number of carbonyl (C=O) groups excluding carboxylic acids is 2. The van der Waals surface area contributed by atoms with E-state index in [4.69, 9.17) is 0 Å². The summed E-state index contributed by atoms with van der Waals surface area (Å²) in [6.07, 6.45) is 0. The van der Waals surface area contributed by atoms with Gasteiger partial charge in [0, 0.05) is 22.2 Å². The Morgan fingerprint density at radius 3 is 2.04 bits per heavy atom. The molecule has 2 amide bonds. The van der Waals surface area contributed by atoms with Gasteiger partial charge in [-0.05, 0) is 51.6 Å². The number of halogens is 1. The highest BCUT2D eigenvalue weighted by atomic mass is 127. The molecule has 3 rings (SSSR count). The second-order valence-electron chi connectivity index (χ2n) is 5.52. The minimum atomic E-state index is -0.139. The van der Waals surface area contributed by atoms with Crippen molar-refractivity contribution in [3.63, 3.8) is 0 Å². The van der Waals surface area contributed by atoms with Crippen molar-refractivity contribution in [3.05, 3.63) is 81.4 Å². The molecule has 0 aliphatic carbocycles. The van der Waals surface area contributed by atoms with E-state index in [-0.39, 0.29) is 11.8 Å². The van der Waals surface area contributed by atoms with Crippen molar-refractivity contribution < 1.29 is 9.59 Å². The van der Waals surface area contributed by atoms with Crippen LogP contribution in [0.5, 0.6) is 0 Å². The monoisotopic (exact) mass is 444 g/mol. The normalized spacial score (nSPS) is 10.4. The number of nitrogens with one attached hydrogen (secondary N) is 2. The van der Waals surface area contributed by atoms with E-state index < -0.39 is 0 Å². The van der Waals surface area contributed by atoms with E-state index in [1.54, 1.807) is 6.07 Å². The van der Waals surface area contributed by atoms with Crippen LogP contribution in [0.15, 0.2) is 66.7 Å². The smallest absolute Gasteiger partial charge is 0.252 e. The molecule has 4 nitrogen and oxygen atoms in total. The Hall–Kier alpha value is -2.41. The summed E-state index contributed by atoms with van der Waals surface area (Å²) in [7, 11) is 0. The SMILES string of the molecule is O=C(NCCNC(=O)c1cccc2ccccc12)c1ccccc1I. The first-order valence-electron chi connectivity index (χ1n) is 7.95. The standard InChI is InChI=1S/C20H17IN2O2/c21-18-11-4-3-9-17(18)20(25)23-13-12-22-19(24)16-10-5-7-14-6-1-2-8-15(14)16/h1-11H,12-13H2,(H,22,24)(H,23,25). The van der Waals surface area contributed by atoms with Gasteiger partial charge in [-0.1, -0.05) is 48.5 Å². The molecule has 0 spiro atoms. The van der Waals surface area contributed by atoms with Gasteiger partial charge in [0.2, 0.25) is 0 Å². The van der Waals surface area contributed by atoms with Crippen LogP contribution in [0.3, 0.4) is 0 Å². The van der Waals surface area contributed by atoms with Gasteiger partial charge in [-0.25, -0.2) is 0 Å². The first-order valence-corrected chi connectivity index (χ1v) is 9.03. The number of carbonyl (C=O) groups is 2. The molecule has 0 unspecified atom stereocenters. The van der Waals surface area contributed by atoms with Crippen molar-refractivity contribution in [2.75, 3.05) is 13.1 Å². The molecular formula is C20H17IN2O2. The van der Waals surface area contributed by atoms with Crippen molar-refractivity contribution in [2.45, 2.75) is 0 Å². The summed E-state index contributed by atoms with van der Waals surface area (Å²) < 4.78 is 0.900. The summed E-state index contributed by atoms with van der Waals surface area (Å²) in [6, 6.07) is 20.8. The molecular weight excluding hydrogens is 427 g/mol. The number of benzene rings is 3. The van der Waals surface area contributed by atoms with Crippen LogP contribution in [0.1, 0.15) is 20.7 Å². The van der Waals surface area contributed by atoms with Gasteiger partial charge in [0.1, 0.15) is 0 Å². The maximum absolute atomic E-state index is 12.4. The number of hydrogen-bond acceptors (Lipinski definition) is 2. The number of hydrogen-bond donors (Lipinski definition) is 2. The highest BCUT2D eigenvalue weighted by Crippen LogP contribution is 2.18. The maximum atomic E-state index is 12.4. The van der Waals surface area contributed by atoms with Gasteiger partial charge in [-0.15, -0.1) is 0 Å². The largest absolute Gasteiger partial charge is 0.350 e. The van der Waals surface area contributed by atoms with Crippen LogP contribution < -0.4 is 10.6 Å². The van der Waals surface area contributed by atoms with Crippen molar-refractivity contribution in [3.8, 4) is 0 Å². The number of fused-ring (bicyclic) bond motifs is 1. The van der Waals surface area contributed by atoms with Gasteiger partial charge in [0.25, 0.3) is 11.8 Å². The molecule has 0 heterocycles. The Morgan fingerprint density at radius 2 is 1.28 bits per heavy atom. The lowest BCUT2D eigenvalue weighted by molar-refractivity contribution is 0.0928. The molecule has 0 aliphatic rings. The van der Waals surface area contributed by atoms with Gasteiger partial charge < -0.3 is 10.6 Å². The van der Waals surface area contributed by atoms with Gasteiger partial charge in [-0.2, -0.15) is 0 Å². The van der Waals surface area contributed by atoms with E-state index in [0.29, 0.717) is 24.2 Å². The summed E-state index contributed by atoms with van der Waals surface area (Å²) in [4.78, 5) is 24.5. The van der Waals surface area contributed by atoms with Crippen LogP contribution in [-0.2, 0) is 0 Å². The van der Waals surface area contributed by atoms with Crippen LogP contribution in [0.2, 0.25) is 0 Å². The first kappa shape index (κ1) is 17.4. The molecule has 0 radical (unpaired) electrons. The van der Waals surface area contributed by atoms with E-state index in [2.05, 4.69) is 33.2 Å². The second kappa shape index (κ2) is 8.11. The molecule has 0 fully saturated rings. The van der Waals surface area contributed by atoms with Crippen molar-refractivity contribution in [2.24, 2.45) is 0 Å². The molecule has 3 aromatic rings. The fraction of sp³-hybridized carbons (Fsp3) is 0.100. The van der Waals surface area contributed by atoms with E-state index >= 15 is 0 Å². The quantitative estimate of drug-likeness (QED) is 0.467. The maximum Gasteiger partial charge on any atom is 0.252 e. The third kappa shape index (κ3) is 4.17. The highest BCUT2D eigenvalue weighted by Gasteiger charge is 2.10. The molecule has 0 atom stereocenters. The fourth-order valence-corrected chi connectivity index (χ4v) is 3.24. The minimum absolute atomic E-state index is 0.135. The lowest BCUT2D eigenvalue weighted by Gasteiger charge is -2.09. The molecule has 3 aromatic carbocycles. The van der Waals surface area contributed by atoms with Crippen LogP contribution >= 0.6 is 22.6 Å². The van der Waals surface area contributed by atoms with Crippen LogP contribution in [0.25, 0.3) is 10.8 Å². The zero-order valence-electron chi connectivity index (χ0n) is 13.5. The summed E-state index contributed by atoms with van der Waals surface area (Å²) >= 11 is 2.13. The summed E-state index contributed by atoms with van der Waals surface area (Å²) in [5.74, 6) is -0.273. The van der Waals surface area contributed by atoms with Gasteiger partial charge in [-0.3, -0.25) is 9.59 Å². The van der Waals surface area contributed by atoms with Crippen molar-refractivity contribution in [1.29, 1.82) is 0 Å². The molecule has 25 heavy (non-hydrogen) atoms. The third-order valence-electron chi connectivity index (χ3n) is 3.85. The predicted molar refractivity (Wildman–Crippen MR) is 108 cm³/mol. The highest BCUT2D eigenvalue weighted by molar-refractivity contribution is 14.1. The topological polar surface area (TPSA) is 58.2 Å². The van der Waals surface area contributed by atoms with E-state index in [1.807, 2.05) is 60.7 Å². The van der Waals surface area contributed by atoms with Crippen molar-refractivity contribution in [1.82, 2.24) is 10.6 Å². The molecule has 0 saturated heterocycles. The second-order valence-corrected chi connectivity index (χ2v) is 6.68. The van der Waals surface area contributed by atoms with Gasteiger partial charge >= 0.3 is 0 Å². The average Bonchev–Trinajstić information content (AvgIpc) is 2.64. The van der Waals surface area contributed by atoms with Gasteiger partial charge in [0.05, 0.1) is 5.56 Å². The van der Waals surface area contributed by atoms with Crippen LogP contribution in [0, 0.1) is 3.57 Å². The Morgan fingerprint density at radius 1 is 0.720 bits per heavy atom. The Kier molecular flexibility index (Phi) is 5.65. The van der Waals surface area contributed by atoms with E-state index in [9.17, 15) is 9.59 Å². The lowest BCUT2D eigenvalue weighted by Crippen LogP contribution is -2.35. The molecule has 5 heteroatoms. The van der Waals surface area contributed by atoms with Gasteiger partial charge in [0.15, 0.2) is 0 Å². The molecule has 2 N–H and O–H groups in total. The first-order chi connectivity index (χ1) is 12.2. The predicted octanol–water partition coefficient (Wildman–Crippen LogP) is 3.60. The number of rotatable bonds is 5. The molecule has 0 aromatic heterocycles. The van der Waals surface area contributed by atoms with E-state index in [1.165, 1.54) is 0 Å². The number of amides is 2. The fourth-order valence-electron chi connectivity index (χ4n) is 2.61. The zero-order valence-corrected chi connectivity index (χ0v) is 15.6. The zero-order chi connectivity index (χ0) is 17.6. The van der Waals surface area contributed by atoms with E-state index in [0.717, 1.165) is 14.3 Å². The van der Waals surface area contributed by atoms with Crippen LogP contribution in [-0.4, -0.2) is 24.9 Å². The lowest BCUT2D eigenvalue weighted by atomic mass is 10.0. The Labute approximate surface area is 159 Å². The third-order valence-corrected chi connectivity index (χ3v) is 4.79. The average molecular weight is 444 g/mol. The summed E-state index contributed by atoms with van der Waals surface area (Å²) in [5.41, 5.74) is 1.28. The minimum Gasteiger partial charge on any atom is -0.350 e. The molecule has 0 bridgehead atoms. The molecule has 0 saturated carbocycles. The summed E-state index contributed by atoms with van der Waals surface area (Å²) in [5, 5.41) is 7.63. The Balaban J connectivity index is 1.56. The van der Waals surface area contributed by atoms with Crippen LogP contribution in [0.4, 0.5) is 0 Å². The Bertz CT molecular complexity index is 919.